The Labute approximate surface area is 101 Å². The van der Waals surface area contributed by atoms with Crippen molar-refractivity contribution in [2.75, 3.05) is 5.23 Å². The summed E-state index contributed by atoms with van der Waals surface area (Å²) in [6.45, 7) is 4.24. The largest absolute Gasteiger partial charge is 0.415 e. The standard InChI is InChI=1S/C10H15BN4S/c1-3-6-7-8(14-10(6)16)12-5-13-9(7)15-11-4-2/h5,11,16H,3-4H2,1-2H3,(H2,12,13,14,15). The number of H-pyrrole nitrogens is 1. The minimum absolute atomic E-state index is 0.857. The molecular formula is C10H15BN4S. The van der Waals surface area contributed by atoms with Crippen LogP contribution in [0.2, 0.25) is 6.32 Å². The summed E-state index contributed by atoms with van der Waals surface area (Å²) < 4.78 is 0. The Morgan fingerprint density at radius 1 is 1.44 bits per heavy atom. The molecule has 0 amide bonds. The lowest BCUT2D eigenvalue weighted by molar-refractivity contribution is 1.07. The summed E-state index contributed by atoms with van der Waals surface area (Å²) in [6.07, 6.45) is 3.57. The van der Waals surface area contributed by atoms with Crippen molar-refractivity contribution < 1.29 is 0 Å². The van der Waals surface area contributed by atoms with Gasteiger partial charge in [0.2, 0.25) is 7.41 Å². The maximum atomic E-state index is 4.42. The van der Waals surface area contributed by atoms with Gasteiger partial charge in [-0.05, 0) is 12.0 Å². The van der Waals surface area contributed by atoms with Gasteiger partial charge in [0.1, 0.15) is 17.8 Å². The molecule has 6 heteroatoms. The van der Waals surface area contributed by atoms with E-state index in [1.807, 2.05) is 0 Å². The Hall–Kier alpha value is -1.17. The third-order valence-corrected chi connectivity index (χ3v) is 2.95. The molecule has 84 valence electrons. The Kier molecular flexibility index (Phi) is 3.38. The summed E-state index contributed by atoms with van der Waals surface area (Å²) in [5, 5.41) is 5.28. The van der Waals surface area contributed by atoms with E-state index in [9.17, 15) is 0 Å². The maximum absolute atomic E-state index is 4.42. The van der Waals surface area contributed by atoms with Crippen molar-refractivity contribution in [2.24, 2.45) is 0 Å². The molecule has 0 aliphatic carbocycles. The first-order valence-corrected chi connectivity index (χ1v) is 6.01. The molecule has 0 saturated heterocycles. The van der Waals surface area contributed by atoms with Gasteiger partial charge < -0.3 is 10.2 Å². The molecule has 0 spiro atoms. The van der Waals surface area contributed by atoms with E-state index in [1.54, 1.807) is 6.33 Å². The molecule has 2 heterocycles. The molecule has 2 rings (SSSR count). The number of aromatic amines is 1. The van der Waals surface area contributed by atoms with Gasteiger partial charge >= 0.3 is 0 Å². The number of nitrogens with zero attached hydrogens (tertiary/aromatic N) is 2. The smallest absolute Gasteiger partial charge is 0.234 e. The highest BCUT2D eigenvalue weighted by molar-refractivity contribution is 7.80. The van der Waals surface area contributed by atoms with Crippen molar-refractivity contribution in [1.29, 1.82) is 0 Å². The molecule has 0 aliphatic rings. The lowest BCUT2D eigenvalue weighted by Crippen LogP contribution is -2.06. The van der Waals surface area contributed by atoms with Crippen LogP contribution in [0, 0.1) is 0 Å². The SMILES string of the molecule is CCBNc1ncnc2[nH]c(S)c(CC)c12. The van der Waals surface area contributed by atoms with Crippen LogP contribution in [0.3, 0.4) is 0 Å². The number of nitrogens with one attached hydrogen (secondary N) is 2. The Morgan fingerprint density at radius 3 is 2.94 bits per heavy atom. The molecule has 0 bridgehead atoms. The van der Waals surface area contributed by atoms with Crippen molar-refractivity contribution in [3.63, 3.8) is 0 Å². The zero-order valence-corrected chi connectivity index (χ0v) is 10.4. The highest BCUT2D eigenvalue weighted by Crippen LogP contribution is 2.28. The lowest BCUT2D eigenvalue weighted by Gasteiger charge is -2.05. The first kappa shape index (κ1) is 11.3. The third kappa shape index (κ3) is 1.89. The molecule has 0 aromatic carbocycles. The number of anilines is 1. The summed E-state index contributed by atoms with van der Waals surface area (Å²) in [4.78, 5) is 11.7. The first-order valence-electron chi connectivity index (χ1n) is 5.56. The number of hydrogen-bond donors (Lipinski definition) is 3. The predicted molar refractivity (Wildman–Crippen MR) is 71.8 cm³/mol. The normalized spacial score (nSPS) is 10.7. The van der Waals surface area contributed by atoms with Gasteiger partial charge in [-0.2, -0.15) is 0 Å². The van der Waals surface area contributed by atoms with Crippen molar-refractivity contribution in [2.45, 2.75) is 31.6 Å². The van der Waals surface area contributed by atoms with Gasteiger partial charge in [0.25, 0.3) is 0 Å². The van der Waals surface area contributed by atoms with Gasteiger partial charge in [-0.3, -0.25) is 0 Å². The second-order valence-electron chi connectivity index (χ2n) is 3.68. The highest BCUT2D eigenvalue weighted by atomic mass is 32.1. The van der Waals surface area contributed by atoms with E-state index in [1.165, 1.54) is 5.56 Å². The topological polar surface area (TPSA) is 53.6 Å². The molecule has 16 heavy (non-hydrogen) atoms. The molecule has 0 aliphatic heterocycles. The fourth-order valence-electron chi connectivity index (χ4n) is 1.79. The molecule has 4 nitrogen and oxygen atoms in total. The van der Waals surface area contributed by atoms with Gasteiger partial charge in [-0.1, -0.05) is 20.2 Å². The van der Waals surface area contributed by atoms with Crippen molar-refractivity contribution in [1.82, 2.24) is 15.0 Å². The predicted octanol–water partition coefficient (Wildman–Crippen LogP) is 2.01. The monoisotopic (exact) mass is 234 g/mol. The quantitative estimate of drug-likeness (QED) is 0.560. The first-order chi connectivity index (χ1) is 7.77. The second-order valence-corrected chi connectivity index (χ2v) is 4.13. The number of thiol groups is 1. The average molecular weight is 234 g/mol. The Balaban J connectivity index is 2.55. The van der Waals surface area contributed by atoms with E-state index in [2.05, 4.69) is 46.7 Å². The third-order valence-electron chi connectivity index (χ3n) is 2.57. The molecule has 0 fully saturated rings. The fourth-order valence-corrected chi connectivity index (χ4v) is 2.17. The minimum Gasteiger partial charge on any atom is -0.415 e. The Morgan fingerprint density at radius 2 is 2.25 bits per heavy atom. The van der Waals surface area contributed by atoms with Crippen LogP contribution in [0.1, 0.15) is 19.4 Å². The number of aromatic nitrogens is 3. The summed E-state index contributed by atoms with van der Waals surface area (Å²) in [6, 6.07) is 0. The summed E-state index contributed by atoms with van der Waals surface area (Å²) in [5.41, 5.74) is 2.04. The number of aryl methyl sites for hydroxylation is 1. The van der Waals surface area contributed by atoms with Gasteiger partial charge in [0.15, 0.2) is 0 Å². The van der Waals surface area contributed by atoms with Crippen molar-refractivity contribution in [3.05, 3.63) is 11.9 Å². The van der Waals surface area contributed by atoms with E-state index in [0.29, 0.717) is 0 Å². The summed E-state index contributed by atoms with van der Waals surface area (Å²) in [5.74, 6) is 0.903. The fraction of sp³-hybridized carbons (Fsp3) is 0.400. The second kappa shape index (κ2) is 4.78. The number of rotatable bonds is 4. The molecular weight excluding hydrogens is 219 g/mol. The van der Waals surface area contributed by atoms with E-state index in [-0.39, 0.29) is 0 Å². The molecule has 0 atom stereocenters. The zero-order valence-electron chi connectivity index (χ0n) is 9.54. The van der Waals surface area contributed by atoms with Crippen LogP contribution in [0.4, 0.5) is 5.82 Å². The Bertz CT molecular complexity index is 497. The van der Waals surface area contributed by atoms with Crippen LogP contribution >= 0.6 is 12.6 Å². The van der Waals surface area contributed by atoms with Crippen molar-refractivity contribution >= 4 is 36.9 Å². The molecule has 0 unspecified atom stereocenters. The van der Waals surface area contributed by atoms with E-state index in [0.717, 1.165) is 42.0 Å². The van der Waals surface area contributed by atoms with Crippen LogP contribution in [0.5, 0.6) is 0 Å². The minimum atomic E-state index is 0.857. The van der Waals surface area contributed by atoms with Crippen LogP contribution in [-0.4, -0.2) is 22.4 Å². The van der Waals surface area contributed by atoms with E-state index < -0.39 is 0 Å². The van der Waals surface area contributed by atoms with Crippen LogP contribution in [-0.2, 0) is 6.42 Å². The van der Waals surface area contributed by atoms with Gasteiger partial charge in [0.05, 0.1) is 10.4 Å². The van der Waals surface area contributed by atoms with Crippen LogP contribution in [0.15, 0.2) is 11.4 Å². The highest BCUT2D eigenvalue weighted by Gasteiger charge is 2.12. The molecule has 2 aromatic heterocycles. The number of fused-ring (bicyclic) bond motifs is 1. The molecule has 0 radical (unpaired) electrons. The van der Waals surface area contributed by atoms with Gasteiger partial charge in [0, 0.05) is 0 Å². The molecule has 2 aromatic rings. The van der Waals surface area contributed by atoms with E-state index in [4.69, 9.17) is 0 Å². The maximum Gasteiger partial charge on any atom is 0.234 e. The lowest BCUT2D eigenvalue weighted by atomic mass is 9.90. The van der Waals surface area contributed by atoms with Gasteiger partial charge in [-0.25, -0.2) is 9.97 Å². The zero-order chi connectivity index (χ0) is 11.5. The van der Waals surface area contributed by atoms with E-state index >= 15 is 0 Å². The molecule has 2 N–H and O–H groups in total. The van der Waals surface area contributed by atoms with Gasteiger partial charge in [-0.15, -0.1) is 12.6 Å². The average Bonchev–Trinajstić information content (AvgIpc) is 2.62. The summed E-state index contributed by atoms with van der Waals surface area (Å²) >= 11 is 4.42. The summed E-state index contributed by atoms with van der Waals surface area (Å²) in [7, 11) is 0.919. The van der Waals surface area contributed by atoms with Crippen LogP contribution < -0.4 is 5.23 Å². The van der Waals surface area contributed by atoms with Crippen molar-refractivity contribution in [3.8, 4) is 0 Å². The molecule has 0 saturated carbocycles. The number of hydrogen-bond acceptors (Lipinski definition) is 4. The van der Waals surface area contributed by atoms with Crippen LogP contribution in [0.25, 0.3) is 11.0 Å².